The fourth-order valence-corrected chi connectivity index (χ4v) is 4.59. The number of nitrogens with zero attached hydrogens (tertiary/aromatic N) is 1. The van der Waals surface area contributed by atoms with E-state index in [0.717, 1.165) is 4.90 Å². The Balaban J connectivity index is 1.44. The van der Waals surface area contributed by atoms with Crippen molar-refractivity contribution in [3.8, 4) is 23.0 Å². The maximum Gasteiger partial charge on any atom is 0.335 e. The van der Waals surface area contributed by atoms with Crippen LogP contribution < -0.4 is 29.2 Å². The monoisotopic (exact) mass is 616 g/mol. The van der Waals surface area contributed by atoms with Gasteiger partial charge in [0, 0.05) is 11.6 Å². The molecule has 1 fully saturated rings. The first-order valence-electron chi connectivity index (χ1n) is 10.9. The van der Waals surface area contributed by atoms with Gasteiger partial charge in [0.15, 0.2) is 23.0 Å². The van der Waals surface area contributed by atoms with E-state index in [1.807, 2.05) is 22.6 Å². The summed E-state index contributed by atoms with van der Waals surface area (Å²) in [5.41, 5.74) is 0.798. The van der Waals surface area contributed by atoms with Gasteiger partial charge < -0.3 is 18.9 Å². The molecule has 9 nitrogen and oxygen atoms in total. The third-order valence-electron chi connectivity index (χ3n) is 5.61. The SMILES string of the molecule is COc1cc(/C=C2\C(=O)NC(=O)N(c3ccc4c(c3)OCO4)C2=O)cc(I)c1OCc1ccccc1F. The number of hydrogen-bond donors (Lipinski definition) is 1. The van der Waals surface area contributed by atoms with Crippen molar-refractivity contribution in [1.29, 1.82) is 0 Å². The normalized spacial score (nSPS) is 15.7. The van der Waals surface area contributed by atoms with Crippen molar-refractivity contribution in [2.75, 3.05) is 18.8 Å². The Kier molecular flexibility index (Phi) is 6.70. The van der Waals surface area contributed by atoms with E-state index >= 15 is 0 Å². The minimum Gasteiger partial charge on any atom is -0.493 e. The molecule has 1 N–H and O–H groups in total. The largest absolute Gasteiger partial charge is 0.493 e. The second-order valence-corrected chi connectivity index (χ2v) is 9.07. The fourth-order valence-electron chi connectivity index (χ4n) is 3.81. The fraction of sp³-hybridized carbons (Fsp3) is 0.115. The van der Waals surface area contributed by atoms with Gasteiger partial charge in [-0.05, 0) is 64.6 Å². The quantitative estimate of drug-likeness (QED) is 0.249. The third kappa shape index (κ3) is 4.81. The van der Waals surface area contributed by atoms with Crippen LogP contribution in [0.1, 0.15) is 11.1 Å². The highest BCUT2D eigenvalue weighted by molar-refractivity contribution is 14.1. The van der Waals surface area contributed by atoms with Crippen molar-refractivity contribution in [1.82, 2.24) is 5.32 Å². The number of barbiturate groups is 1. The van der Waals surface area contributed by atoms with E-state index in [1.165, 1.54) is 31.4 Å². The summed E-state index contributed by atoms with van der Waals surface area (Å²) < 4.78 is 36.5. The van der Waals surface area contributed by atoms with Gasteiger partial charge in [0.25, 0.3) is 11.8 Å². The molecular weight excluding hydrogens is 598 g/mol. The van der Waals surface area contributed by atoms with Crippen LogP contribution in [0.2, 0.25) is 0 Å². The summed E-state index contributed by atoms with van der Waals surface area (Å²) in [6.45, 7) is 0.00992. The lowest BCUT2D eigenvalue weighted by atomic mass is 10.1. The second-order valence-electron chi connectivity index (χ2n) is 7.91. The Morgan fingerprint density at radius 1 is 1.08 bits per heavy atom. The topological polar surface area (TPSA) is 103 Å². The summed E-state index contributed by atoms with van der Waals surface area (Å²) in [5, 5.41) is 2.19. The Labute approximate surface area is 223 Å². The van der Waals surface area contributed by atoms with Crippen LogP contribution in [0.3, 0.4) is 0 Å². The van der Waals surface area contributed by atoms with Gasteiger partial charge in [0.05, 0.1) is 16.4 Å². The highest BCUT2D eigenvalue weighted by atomic mass is 127. The van der Waals surface area contributed by atoms with Gasteiger partial charge in [-0.15, -0.1) is 0 Å². The molecule has 2 aliphatic rings. The first kappa shape index (κ1) is 24.6. The molecule has 0 bridgehead atoms. The van der Waals surface area contributed by atoms with Gasteiger partial charge in [0.2, 0.25) is 6.79 Å². The number of methoxy groups -OCH3 is 1. The van der Waals surface area contributed by atoms with Crippen molar-refractivity contribution in [3.63, 3.8) is 0 Å². The molecule has 0 aromatic heterocycles. The number of urea groups is 1. The summed E-state index contributed by atoms with van der Waals surface area (Å²) >= 11 is 2.02. The molecular formula is C26H18FIN2O7. The number of benzene rings is 3. The van der Waals surface area contributed by atoms with E-state index in [9.17, 15) is 18.8 Å². The minimum atomic E-state index is -0.880. The number of carbonyl (C=O) groups is 3. The van der Waals surface area contributed by atoms with E-state index in [4.69, 9.17) is 18.9 Å². The van der Waals surface area contributed by atoms with Crippen molar-refractivity contribution in [3.05, 3.63) is 80.7 Å². The lowest BCUT2D eigenvalue weighted by Crippen LogP contribution is -2.54. The van der Waals surface area contributed by atoms with Crippen molar-refractivity contribution in [2.45, 2.75) is 6.61 Å². The molecule has 0 unspecified atom stereocenters. The maximum absolute atomic E-state index is 14.0. The van der Waals surface area contributed by atoms with Crippen LogP contribution in [0.5, 0.6) is 23.0 Å². The zero-order valence-electron chi connectivity index (χ0n) is 19.2. The highest BCUT2D eigenvalue weighted by Crippen LogP contribution is 2.38. The molecule has 3 aromatic rings. The number of halogens is 2. The summed E-state index contributed by atoms with van der Waals surface area (Å²) in [4.78, 5) is 39.2. The molecule has 0 atom stereocenters. The Morgan fingerprint density at radius 2 is 1.86 bits per heavy atom. The van der Waals surface area contributed by atoms with Crippen LogP contribution in [0.25, 0.3) is 6.08 Å². The summed E-state index contributed by atoms with van der Waals surface area (Å²) in [6, 6.07) is 13.2. The van der Waals surface area contributed by atoms with Gasteiger partial charge in [0.1, 0.15) is 18.0 Å². The minimum absolute atomic E-state index is 0.0209. The molecule has 0 saturated carbocycles. The van der Waals surface area contributed by atoms with Crippen LogP contribution in [0.15, 0.2) is 60.2 Å². The van der Waals surface area contributed by atoms with E-state index in [0.29, 0.717) is 37.7 Å². The van der Waals surface area contributed by atoms with Gasteiger partial charge >= 0.3 is 6.03 Å². The number of fused-ring (bicyclic) bond motifs is 1. The van der Waals surface area contributed by atoms with Crippen LogP contribution in [-0.4, -0.2) is 31.7 Å². The Hall–Kier alpha value is -4.13. The Bertz CT molecular complexity index is 1470. The molecule has 37 heavy (non-hydrogen) atoms. The molecule has 2 heterocycles. The van der Waals surface area contributed by atoms with Crippen molar-refractivity contribution >= 4 is 52.2 Å². The number of rotatable bonds is 6. The van der Waals surface area contributed by atoms with E-state index in [-0.39, 0.29) is 30.5 Å². The van der Waals surface area contributed by atoms with Gasteiger partial charge in [-0.25, -0.2) is 14.1 Å². The predicted octanol–water partition coefficient (Wildman–Crippen LogP) is 4.41. The molecule has 3 aromatic carbocycles. The number of ether oxygens (including phenoxy) is 4. The zero-order valence-corrected chi connectivity index (χ0v) is 21.4. The maximum atomic E-state index is 14.0. The number of nitrogens with one attached hydrogen (secondary N) is 1. The lowest BCUT2D eigenvalue weighted by Gasteiger charge is -2.26. The van der Waals surface area contributed by atoms with Gasteiger partial charge in [-0.2, -0.15) is 0 Å². The van der Waals surface area contributed by atoms with Crippen molar-refractivity contribution in [2.24, 2.45) is 0 Å². The second kappa shape index (κ2) is 10.1. The smallest absolute Gasteiger partial charge is 0.335 e. The standard InChI is InChI=1S/C26H18FIN2O7/c1-34-22-10-14(9-19(28)23(22)35-12-15-4-2-3-5-18(15)27)8-17-24(31)29-26(33)30(25(17)32)16-6-7-20-21(11-16)37-13-36-20/h2-11H,12-13H2,1H3,(H,29,31,33)/b17-8+. The molecule has 0 radical (unpaired) electrons. The van der Waals surface area contributed by atoms with Gasteiger partial charge in [-0.1, -0.05) is 18.2 Å². The average Bonchev–Trinajstić information content (AvgIpc) is 3.34. The third-order valence-corrected chi connectivity index (χ3v) is 6.41. The molecule has 188 valence electrons. The van der Waals surface area contributed by atoms with E-state index < -0.39 is 17.8 Å². The Morgan fingerprint density at radius 3 is 2.65 bits per heavy atom. The molecule has 4 amide bonds. The number of amides is 4. The van der Waals surface area contributed by atoms with E-state index in [1.54, 1.807) is 36.4 Å². The first-order valence-corrected chi connectivity index (χ1v) is 12.0. The molecule has 0 spiro atoms. The molecule has 11 heteroatoms. The van der Waals surface area contributed by atoms with Crippen LogP contribution in [0, 0.1) is 9.39 Å². The highest BCUT2D eigenvalue weighted by Gasteiger charge is 2.37. The summed E-state index contributed by atoms with van der Waals surface area (Å²) in [7, 11) is 1.44. The number of hydrogen-bond acceptors (Lipinski definition) is 7. The summed E-state index contributed by atoms with van der Waals surface area (Å²) in [5.74, 6) is -0.457. The number of anilines is 1. The average molecular weight is 616 g/mol. The molecule has 0 aliphatic carbocycles. The molecule has 2 aliphatic heterocycles. The van der Waals surface area contributed by atoms with Crippen LogP contribution in [-0.2, 0) is 16.2 Å². The van der Waals surface area contributed by atoms with Crippen molar-refractivity contribution < 1.29 is 37.7 Å². The number of imide groups is 2. The molecule has 1 saturated heterocycles. The van der Waals surface area contributed by atoms with Gasteiger partial charge in [-0.3, -0.25) is 14.9 Å². The van der Waals surface area contributed by atoms with Crippen LogP contribution >= 0.6 is 22.6 Å². The lowest BCUT2D eigenvalue weighted by molar-refractivity contribution is -0.122. The van der Waals surface area contributed by atoms with Crippen LogP contribution in [0.4, 0.5) is 14.9 Å². The summed E-state index contributed by atoms with van der Waals surface area (Å²) in [6.07, 6.45) is 1.36. The van der Waals surface area contributed by atoms with E-state index in [2.05, 4.69) is 5.32 Å². The number of carbonyl (C=O) groups excluding carboxylic acids is 3. The predicted molar refractivity (Wildman–Crippen MR) is 138 cm³/mol. The zero-order chi connectivity index (χ0) is 26.1. The molecule has 5 rings (SSSR count). The first-order chi connectivity index (χ1) is 17.9.